The normalized spacial score (nSPS) is 13.0. The molecule has 0 aromatic heterocycles. The summed E-state index contributed by atoms with van der Waals surface area (Å²) in [7, 11) is -7.71. The van der Waals surface area contributed by atoms with Crippen molar-refractivity contribution in [3.05, 3.63) is 22.7 Å². The molecule has 24 heavy (non-hydrogen) atoms. The molecule has 0 saturated carbocycles. The Morgan fingerprint density at radius 1 is 0.875 bits per heavy atom. The zero-order valence-electron chi connectivity index (χ0n) is 14.6. The molecule has 0 aliphatic rings. The maximum absolute atomic E-state index is 12.4. The molecule has 0 aliphatic heterocycles. The molecule has 1 aromatic carbocycles. The molecular weight excluding hydrogens is 372 g/mol. The number of benzene rings is 1. The van der Waals surface area contributed by atoms with E-state index in [9.17, 15) is 16.8 Å². The maximum Gasteiger partial charge on any atom is 0.242 e. The minimum Gasteiger partial charge on any atom is -0.211 e. The molecule has 2 N–H and O–H groups in total. The summed E-state index contributed by atoms with van der Waals surface area (Å²) in [6.45, 7) is 9.56. The van der Waals surface area contributed by atoms with Crippen molar-refractivity contribution in [1.29, 1.82) is 0 Å². The summed E-state index contributed by atoms with van der Waals surface area (Å²) in [5.41, 5.74) is 0.388. The van der Waals surface area contributed by atoms with Crippen LogP contribution in [0.1, 0.15) is 33.3 Å². The van der Waals surface area contributed by atoms with Crippen LogP contribution in [0.4, 0.5) is 0 Å². The van der Waals surface area contributed by atoms with Gasteiger partial charge in [-0.3, -0.25) is 0 Å². The highest BCUT2D eigenvalue weighted by Gasteiger charge is 2.24. The Morgan fingerprint density at radius 3 is 1.71 bits per heavy atom. The number of hydrogen-bond acceptors (Lipinski definition) is 4. The summed E-state index contributed by atoms with van der Waals surface area (Å²) < 4.78 is 54.6. The summed E-state index contributed by atoms with van der Waals surface area (Å²) in [6, 6.07) is 2.47. The second-order valence-electron chi connectivity index (χ2n) is 6.54. The molecule has 138 valence electrons. The van der Waals surface area contributed by atoms with Crippen LogP contribution < -0.4 is 9.44 Å². The Labute approximate surface area is 150 Å². The summed E-state index contributed by atoms with van der Waals surface area (Å²) in [5.74, 6) is 0.239. The van der Waals surface area contributed by atoms with E-state index in [-0.39, 0.29) is 39.7 Å². The van der Waals surface area contributed by atoms with Gasteiger partial charge in [0.1, 0.15) is 4.90 Å². The van der Waals surface area contributed by atoms with Gasteiger partial charge in [-0.2, -0.15) is 0 Å². The van der Waals surface area contributed by atoms with Crippen LogP contribution in [0.2, 0.25) is 5.02 Å². The third-order valence-electron chi connectivity index (χ3n) is 3.17. The first-order chi connectivity index (χ1) is 10.9. The monoisotopic (exact) mass is 396 g/mol. The topological polar surface area (TPSA) is 92.3 Å². The van der Waals surface area contributed by atoms with Crippen molar-refractivity contribution in [2.24, 2.45) is 11.8 Å². The zero-order chi connectivity index (χ0) is 18.7. The van der Waals surface area contributed by atoms with Crippen LogP contribution in [0.3, 0.4) is 0 Å². The van der Waals surface area contributed by atoms with E-state index in [1.54, 1.807) is 6.92 Å². The molecule has 0 saturated heterocycles. The fraction of sp³-hybridized carbons (Fsp3) is 0.600. The summed E-state index contributed by atoms with van der Waals surface area (Å²) in [6.07, 6.45) is 0. The molecular formula is C15H25ClN2O4S2. The van der Waals surface area contributed by atoms with Gasteiger partial charge in [0.15, 0.2) is 0 Å². The summed E-state index contributed by atoms with van der Waals surface area (Å²) in [4.78, 5) is -0.321. The lowest BCUT2D eigenvalue weighted by molar-refractivity contribution is 0.557. The van der Waals surface area contributed by atoms with Gasteiger partial charge in [-0.1, -0.05) is 39.3 Å². The highest BCUT2D eigenvalue weighted by atomic mass is 35.5. The van der Waals surface area contributed by atoms with Crippen molar-refractivity contribution in [3.8, 4) is 0 Å². The van der Waals surface area contributed by atoms with Gasteiger partial charge in [0.2, 0.25) is 20.0 Å². The summed E-state index contributed by atoms with van der Waals surface area (Å²) >= 11 is 6.04. The largest absolute Gasteiger partial charge is 0.242 e. The molecule has 6 nitrogen and oxygen atoms in total. The Morgan fingerprint density at radius 2 is 1.29 bits per heavy atom. The molecule has 0 spiro atoms. The van der Waals surface area contributed by atoms with Gasteiger partial charge in [-0.05, 0) is 36.5 Å². The van der Waals surface area contributed by atoms with Crippen molar-refractivity contribution in [2.45, 2.75) is 44.4 Å². The zero-order valence-corrected chi connectivity index (χ0v) is 16.9. The minimum atomic E-state index is -3.89. The average molecular weight is 397 g/mol. The quantitative estimate of drug-likeness (QED) is 0.706. The standard InChI is InChI=1S/C15H25ClN2O4S2/c1-10(2)8-17-23(19,20)14-7-15(13(16)6-12(14)5)24(21,22)18-9-11(3)4/h6-7,10-11,17-18H,8-9H2,1-5H3. The number of aryl methyl sites for hydroxylation is 1. The van der Waals surface area contributed by atoms with E-state index in [2.05, 4.69) is 9.44 Å². The van der Waals surface area contributed by atoms with Gasteiger partial charge >= 0.3 is 0 Å². The van der Waals surface area contributed by atoms with Gasteiger partial charge in [0, 0.05) is 13.1 Å². The van der Waals surface area contributed by atoms with E-state index in [0.29, 0.717) is 5.56 Å². The van der Waals surface area contributed by atoms with Gasteiger partial charge < -0.3 is 0 Å². The molecule has 0 unspecified atom stereocenters. The van der Waals surface area contributed by atoms with Crippen molar-refractivity contribution in [2.75, 3.05) is 13.1 Å². The summed E-state index contributed by atoms with van der Waals surface area (Å²) in [5, 5.41) is -0.00781. The minimum absolute atomic E-state index is 0.00781. The predicted molar refractivity (Wildman–Crippen MR) is 96.2 cm³/mol. The van der Waals surface area contributed by atoms with E-state index in [1.807, 2.05) is 27.7 Å². The lowest BCUT2D eigenvalue weighted by Gasteiger charge is -2.15. The number of nitrogens with one attached hydrogen (secondary N) is 2. The van der Waals surface area contributed by atoms with Crippen molar-refractivity contribution in [1.82, 2.24) is 9.44 Å². The van der Waals surface area contributed by atoms with Gasteiger partial charge in [0.25, 0.3) is 0 Å². The van der Waals surface area contributed by atoms with Crippen LogP contribution in [0.5, 0.6) is 0 Å². The molecule has 1 rings (SSSR count). The second kappa shape index (κ2) is 8.14. The Kier molecular flexibility index (Phi) is 7.25. The van der Waals surface area contributed by atoms with E-state index >= 15 is 0 Å². The number of sulfonamides is 2. The second-order valence-corrected chi connectivity index (χ2v) is 10.4. The van der Waals surface area contributed by atoms with Gasteiger partial charge in [-0.25, -0.2) is 26.3 Å². The Hall–Kier alpha value is -0.670. The van der Waals surface area contributed by atoms with Crippen molar-refractivity contribution in [3.63, 3.8) is 0 Å². The van der Waals surface area contributed by atoms with Crippen LogP contribution in [-0.4, -0.2) is 29.9 Å². The highest BCUT2D eigenvalue weighted by Crippen LogP contribution is 2.28. The van der Waals surface area contributed by atoms with E-state index in [1.165, 1.54) is 6.07 Å². The number of rotatable bonds is 8. The lowest BCUT2D eigenvalue weighted by Crippen LogP contribution is -2.30. The van der Waals surface area contributed by atoms with Crippen LogP contribution in [-0.2, 0) is 20.0 Å². The third kappa shape index (κ3) is 5.70. The SMILES string of the molecule is Cc1cc(Cl)c(S(=O)(=O)NCC(C)C)cc1S(=O)(=O)NCC(C)C. The molecule has 0 radical (unpaired) electrons. The molecule has 0 heterocycles. The molecule has 0 bridgehead atoms. The van der Waals surface area contributed by atoms with E-state index in [0.717, 1.165) is 6.07 Å². The fourth-order valence-corrected chi connectivity index (χ4v) is 5.20. The molecule has 1 aromatic rings. The first kappa shape index (κ1) is 21.4. The van der Waals surface area contributed by atoms with Crippen molar-refractivity contribution < 1.29 is 16.8 Å². The van der Waals surface area contributed by atoms with E-state index < -0.39 is 20.0 Å². The first-order valence-corrected chi connectivity index (χ1v) is 11.0. The third-order valence-corrected chi connectivity index (χ3v) is 6.63. The molecule has 0 fully saturated rings. The predicted octanol–water partition coefficient (Wildman–Crippen LogP) is 2.52. The lowest BCUT2D eigenvalue weighted by atomic mass is 10.2. The number of hydrogen-bond donors (Lipinski definition) is 2. The molecule has 0 amide bonds. The van der Waals surface area contributed by atoms with Crippen LogP contribution in [0.25, 0.3) is 0 Å². The van der Waals surface area contributed by atoms with Gasteiger partial charge in [-0.15, -0.1) is 0 Å². The molecule has 0 aliphatic carbocycles. The van der Waals surface area contributed by atoms with Crippen LogP contribution in [0, 0.1) is 18.8 Å². The van der Waals surface area contributed by atoms with E-state index in [4.69, 9.17) is 11.6 Å². The molecule has 0 atom stereocenters. The smallest absolute Gasteiger partial charge is 0.211 e. The Bertz CT molecular complexity index is 725. The fourth-order valence-electron chi connectivity index (χ4n) is 1.84. The van der Waals surface area contributed by atoms with Gasteiger partial charge in [0.05, 0.1) is 9.92 Å². The molecule has 9 heteroatoms. The Balaban J connectivity index is 3.32. The number of halogens is 1. The van der Waals surface area contributed by atoms with Crippen molar-refractivity contribution >= 4 is 31.6 Å². The first-order valence-electron chi connectivity index (χ1n) is 7.66. The average Bonchev–Trinajstić information content (AvgIpc) is 2.42. The van der Waals surface area contributed by atoms with Crippen LogP contribution >= 0.6 is 11.6 Å². The van der Waals surface area contributed by atoms with Crippen LogP contribution in [0.15, 0.2) is 21.9 Å². The highest BCUT2D eigenvalue weighted by molar-refractivity contribution is 7.90. The maximum atomic E-state index is 12.4.